The second kappa shape index (κ2) is 9.56. The van der Waals surface area contributed by atoms with Crippen molar-refractivity contribution in [1.29, 1.82) is 0 Å². The number of hydrogen-bond acceptors (Lipinski definition) is 5. The van der Waals surface area contributed by atoms with E-state index in [2.05, 4.69) is 44.5 Å². The number of aromatic nitrogens is 2. The lowest BCUT2D eigenvalue weighted by atomic mass is 9.89. The van der Waals surface area contributed by atoms with E-state index in [0.29, 0.717) is 38.0 Å². The lowest BCUT2D eigenvalue weighted by Gasteiger charge is -2.35. The van der Waals surface area contributed by atoms with Crippen LogP contribution in [-0.4, -0.2) is 77.5 Å². The van der Waals surface area contributed by atoms with Gasteiger partial charge in [-0.25, -0.2) is 14.8 Å². The molecule has 8 nitrogen and oxygen atoms in total. The average Bonchev–Trinajstić information content (AvgIpc) is 2.83. The summed E-state index contributed by atoms with van der Waals surface area (Å²) < 4.78 is 0. The molecule has 0 saturated carbocycles. The Kier molecular flexibility index (Phi) is 6.41. The Morgan fingerprint density at radius 2 is 1.53 bits per heavy atom. The molecule has 2 aromatic rings. The van der Waals surface area contributed by atoms with Gasteiger partial charge in [0.2, 0.25) is 11.9 Å². The summed E-state index contributed by atoms with van der Waals surface area (Å²) in [6.07, 6.45) is 5.37. The van der Waals surface area contributed by atoms with E-state index in [0.717, 1.165) is 25.9 Å². The fraction of sp³-hybridized carbons (Fsp3) is 0.455. The van der Waals surface area contributed by atoms with Gasteiger partial charge in [0.25, 0.3) is 0 Å². The highest BCUT2D eigenvalue weighted by atomic mass is 16.2. The first kappa shape index (κ1) is 20.1. The van der Waals surface area contributed by atoms with Gasteiger partial charge in [0.15, 0.2) is 0 Å². The van der Waals surface area contributed by atoms with Crippen LogP contribution in [0, 0.1) is 0 Å². The van der Waals surface area contributed by atoms with Crippen LogP contribution < -0.4 is 10.2 Å². The molecule has 0 bridgehead atoms. The molecule has 0 aliphatic carbocycles. The number of rotatable bonds is 4. The Hall–Kier alpha value is -3.16. The molecule has 8 heteroatoms. The molecule has 2 aliphatic heterocycles. The van der Waals surface area contributed by atoms with Crippen LogP contribution in [0.2, 0.25) is 0 Å². The minimum absolute atomic E-state index is 0.00816. The number of nitrogens with one attached hydrogen (secondary N) is 1. The predicted octanol–water partition coefficient (Wildman–Crippen LogP) is 1.71. The summed E-state index contributed by atoms with van der Waals surface area (Å²) in [7, 11) is 0. The lowest BCUT2D eigenvalue weighted by Crippen LogP contribution is -2.53. The molecule has 2 fully saturated rings. The lowest BCUT2D eigenvalue weighted by molar-refractivity contribution is -0.131. The van der Waals surface area contributed by atoms with Gasteiger partial charge in [-0.3, -0.25) is 4.79 Å². The van der Waals surface area contributed by atoms with Crippen LogP contribution in [0.5, 0.6) is 0 Å². The van der Waals surface area contributed by atoms with Gasteiger partial charge in [0, 0.05) is 51.7 Å². The van der Waals surface area contributed by atoms with Gasteiger partial charge in [0.05, 0.1) is 6.54 Å². The van der Waals surface area contributed by atoms with Crippen molar-refractivity contribution in [3.8, 4) is 0 Å². The van der Waals surface area contributed by atoms with Crippen molar-refractivity contribution in [3.05, 3.63) is 54.4 Å². The third-order valence-corrected chi connectivity index (χ3v) is 5.91. The summed E-state index contributed by atoms with van der Waals surface area (Å²) in [5, 5.41) is 2.79. The Morgan fingerprint density at radius 1 is 0.867 bits per heavy atom. The van der Waals surface area contributed by atoms with Crippen LogP contribution in [0.1, 0.15) is 24.3 Å². The zero-order chi connectivity index (χ0) is 20.8. The fourth-order valence-electron chi connectivity index (χ4n) is 4.13. The first-order chi connectivity index (χ1) is 14.7. The molecule has 2 saturated heterocycles. The number of piperazine rings is 1. The van der Waals surface area contributed by atoms with Gasteiger partial charge in [-0.2, -0.15) is 0 Å². The van der Waals surface area contributed by atoms with Gasteiger partial charge in [-0.05, 0) is 30.4 Å². The average molecular weight is 409 g/mol. The summed E-state index contributed by atoms with van der Waals surface area (Å²) >= 11 is 0. The first-order valence-corrected chi connectivity index (χ1v) is 10.6. The molecule has 3 heterocycles. The third kappa shape index (κ3) is 4.87. The highest BCUT2D eigenvalue weighted by Crippen LogP contribution is 2.27. The molecule has 1 aromatic carbocycles. The molecule has 158 valence electrons. The zero-order valence-electron chi connectivity index (χ0n) is 17.1. The Bertz CT molecular complexity index is 760. The van der Waals surface area contributed by atoms with E-state index in [1.807, 2.05) is 11.0 Å². The van der Waals surface area contributed by atoms with E-state index < -0.39 is 0 Å². The van der Waals surface area contributed by atoms with Gasteiger partial charge in [-0.1, -0.05) is 30.3 Å². The second-order valence-corrected chi connectivity index (χ2v) is 7.75. The Labute approximate surface area is 176 Å². The van der Waals surface area contributed by atoms with Crippen molar-refractivity contribution in [2.75, 3.05) is 50.7 Å². The van der Waals surface area contributed by atoms with Crippen molar-refractivity contribution in [2.45, 2.75) is 18.8 Å². The predicted molar refractivity (Wildman–Crippen MR) is 114 cm³/mol. The van der Waals surface area contributed by atoms with E-state index in [1.54, 1.807) is 23.4 Å². The number of likely N-dealkylation sites (tertiary alicyclic amines) is 1. The number of urea groups is 1. The highest BCUT2D eigenvalue weighted by molar-refractivity contribution is 5.84. The van der Waals surface area contributed by atoms with Crippen molar-refractivity contribution >= 4 is 17.9 Å². The van der Waals surface area contributed by atoms with Crippen molar-refractivity contribution in [3.63, 3.8) is 0 Å². The molecule has 2 aliphatic rings. The topological polar surface area (TPSA) is 81.7 Å². The van der Waals surface area contributed by atoms with Crippen molar-refractivity contribution < 1.29 is 9.59 Å². The molecule has 0 spiro atoms. The summed E-state index contributed by atoms with van der Waals surface area (Å²) in [4.78, 5) is 39.2. The van der Waals surface area contributed by atoms with E-state index in [-0.39, 0.29) is 18.5 Å². The summed E-state index contributed by atoms with van der Waals surface area (Å²) in [6, 6.07) is 12.1. The molecule has 3 amide bonds. The maximum Gasteiger partial charge on any atom is 0.317 e. The van der Waals surface area contributed by atoms with Crippen LogP contribution in [0.15, 0.2) is 48.8 Å². The number of carbonyl (C=O) groups excluding carboxylic acids is 2. The van der Waals surface area contributed by atoms with Gasteiger partial charge in [-0.15, -0.1) is 0 Å². The number of nitrogens with zero attached hydrogens (tertiary/aromatic N) is 5. The normalized spacial score (nSPS) is 17.7. The van der Waals surface area contributed by atoms with Crippen LogP contribution in [0.3, 0.4) is 0 Å². The molecule has 0 unspecified atom stereocenters. The van der Waals surface area contributed by atoms with Crippen LogP contribution in [0.25, 0.3) is 0 Å². The highest BCUT2D eigenvalue weighted by Gasteiger charge is 2.26. The van der Waals surface area contributed by atoms with Gasteiger partial charge in [0.1, 0.15) is 0 Å². The number of amides is 3. The number of carbonyl (C=O) groups is 2. The molecule has 4 rings (SSSR count). The molecule has 0 atom stereocenters. The molecule has 1 N–H and O–H groups in total. The Balaban J connectivity index is 1.18. The van der Waals surface area contributed by atoms with Crippen LogP contribution in [0.4, 0.5) is 10.7 Å². The largest absolute Gasteiger partial charge is 0.341 e. The standard InChI is InChI=1S/C22H28N6O2/c29-20(26-11-7-19(8-12-26)18-5-2-1-3-6-18)17-25-22(30)28-15-13-27(14-16-28)21-23-9-4-10-24-21/h1-6,9-10,19H,7-8,11-17H2,(H,25,30). The van der Waals surface area contributed by atoms with E-state index >= 15 is 0 Å². The van der Waals surface area contributed by atoms with Gasteiger partial charge < -0.3 is 20.0 Å². The van der Waals surface area contributed by atoms with E-state index in [9.17, 15) is 9.59 Å². The summed E-state index contributed by atoms with van der Waals surface area (Å²) in [5.41, 5.74) is 1.35. The third-order valence-electron chi connectivity index (χ3n) is 5.91. The van der Waals surface area contributed by atoms with Gasteiger partial charge >= 0.3 is 6.03 Å². The number of benzene rings is 1. The monoisotopic (exact) mass is 408 g/mol. The second-order valence-electron chi connectivity index (χ2n) is 7.75. The number of anilines is 1. The minimum Gasteiger partial charge on any atom is -0.341 e. The summed E-state index contributed by atoms with van der Waals surface area (Å²) in [6.45, 7) is 4.06. The zero-order valence-corrected chi connectivity index (χ0v) is 17.1. The molecular formula is C22H28N6O2. The van der Waals surface area contributed by atoms with Crippen molar-refractivity contribution in [2.24, 2.45) is 0 Å². The van der Waals surface area contributed by atoms with Crippen LogP contribution >= 0.6 is 0 Å². The molecular weight excluding hydrogens is 380 g/mol. The minimum atomic E-state index is -0.184. The number of piperidine rings is 1. The molecule has 30 heavy (non-hydrogen) atoms. The molecule has 1 aromatic heterocycles. The van der Waals surface area contributed by atoms with E-state index in [1.165, 1.54) is 5.56 Å². The Morgan fingerprint density at radius 3 is 2.20 bits per heavy atom. The number of hydrogen-bond donors (Lipinski definition) is 1. The smallest absolute Gasteiger partial charge is 0.317 e. The van der Waals surface area contributed by atoms with E-state index in [4.69, 9.17) is 0 Å². The quantitative estimate of drug-likeness (QED) is 0.833. The first-order valence-electron chi connectivity index (χ1n) is 10.6. The maximum atomic E-state index is 12.5. The van der Waals surface area contributed by atoms with Crippen LogP contribution in [-0.2, 0) is 4.79 Å². The fourth-order valence-corrected chi connectivity index (χ4v) is 4.13. The summed E-state index contributed by atoms with van der Waals surface area (Å²) in [5.74, 6) is 1.19. The SMILES string of the molecule is O=C(CNC(=O)N1CCN(c2ncccn2)CC1)N1CCC(c2ccccc2)CC1. The molecule has 0 radical (unpaired) electrons. The van der Waals surface area contributed by atoms with Crippen molar-refractivity contribution in [1.82, 2.24) is 25.1 Å². The maximum absolute atomic E-state index is 12.5.